The number of hydrogen-bond donors (Lipinski definition) is 0. The van der Waals surface area contributed by atoms with Crippen LogP contribution in [0, 0.1) is 5.92 Å². The van der Waals surface area contributed by atoms with Crippen molar-refractivity contribution in [1.82, 2.24) is 4.90 Å². The summed E-state index contributed by atoms with van der Waals surface area (Å²) in [5.41, 5.74) is 0. The second-order valence-electron chi connectivity index (χ2n) is 3.70. The first-order valence-corrected chi connectivity index (χ1v) is 4.26. The zero-order valence-electron chi connectivity index (χ0n) is 7.56. The van der Waals surface area contributed by atoms with Crippen molar-refractivity contribution in [2.45, 2.75) is 19.8 Å². The normalized spacial score (nSPS) is 23.4. The molecule has 0 aromatic heterocycles. The standard InChI is InChI=1S/C9H15F2N/c1-8(2)4-3-5-12-6-9(10,11)7-12/h3-4,8H,5-7H2,1-2H3/b4-3+. The molecule has 1 rings (SSSR count). The maximum absolute atomic E-state index is 12.3. The van der Waals surface area contributed by atoms with E-state index in [1.807, 2.05) is 12.2 Å². The van der Waals surface area contributed by atoms with E-state index < -0.39 is 5.92 Å². The first-order chi connectivity index (χ1) is 5.49. The van der Waals surface area contributed by atoms with E-state index in [9.17, 15) is 8.78 Å². The van der Waals surface area contributed by atoms with Gasteiger partial charge in [-0.05, 0) is 5.92 Å². The average Bonchev–Trinajstić information content (AvgIpc) is 1.82. The summed E-state index contributed by atoms with van der Waals surface area (Å²) >= 11 is 0. The molecule has 12 heavy (non-hydrogen) atoms. The Kier molecular flexibility index (Phi) is 2.83. The Morgan fingerprint density at radius 3 is 2.42 bits per heavy atom. The highest BCUT2D eigenvalue weighted by Gasteiger charge is 2.42. The van der Waals surface area contributed by atoms with Crippen LogP contribution in [0.2, 0.25) is 0 Å². The van der Waals surface area contributed by atoms with Crippen LogP contribution < -0.4 is 0 Å². The van der Waals surface area contributed by atoms with Gasteiger partial charge in [0.05, 0.1) is 13.1 Å². The highest BCUT2D eigenvalue weighted by atomic mass is 19.3. The van der Waals surface area contributed by atoms with Gasteiger partial charge in [-0.25, -0.2) is 8.78 Å². The molecule has 3 heteroatoms. The number of nitrogens with zero attached hydrogens (tertiary/aromatic N) is 1. The number of halogens is 2. The van der Waals surface area contributed by atoms with Gasteiger partial charge in [-0.2, -0.15) is 0 Å². The van der Waals surface area contributed by atoms with Gasteiger partial charge in [0.1, 0.15) is 0 Å². The second-order valence-corrected chi connectivity index (χ2v) is 3.70. The third kappa shape index (κ3) is 2.89. The molecule has 0 aromatic carbocycles. The molecule has 0 unspecified atom stereocenters. The van der Waals surface area contributed by atoms with Gasteiger partial charge < -0.3 is 0 Å². The molecule has 0 saturated carbocycles. The highest BCUT2D eigenvalue weighted by molar-refractivity contribution is 4.94. The molecule has 0 bridgehead atoms. The van der Waals surface area contributed by atoms with Crippen LogP contribution in [0.3, 0.4) is 0 Å². The largest absolute Gasteiger partial charge is 0.288 e. The van der Waals surface area contributed by atoms with Gasteiger partial charge in [0.15, 0.2) is 0 Å². The summed E-state index contributed by atoms with van der Waals surface area (Å²) in [4.78, 5) is 1.74. The predicted molar refractivity (Wildman–Crippen MR) is 45.4 cm³/mol. The lowest BCUT2D eigenvalue weighted by atomic mass is 10.1. The summed E-state index contributed by atoms with van der Waals surface area (Å²) in [5, 5.41) is 0. The van der Waals surface area contributed by atoms with E-state index >= 15 is 0 Å². The minimum Gasteiger partial charge on any atom is -0.288 e. The Bertz CT molecular complexity index is 167. The number of hydrogen-bond acceptors (Lipinski definition) is 1. The fourth-order valence-corrected chi connectivity index (χ4v) is 1.22. The molecule has 1 fully saturated rings. The zero-order valence-corrected chi connectivity index (χ0v) is 7.56. The minimum absolute atomic E-state index is 0.0740. The summed E-state index contributed by atoms with van der Waals surface area (Å²) in [6.07, 6.45) is 4.00. The lowest BCUT2D eigenvalue weighted by molar-refractivity contribution is -0.125. The molecule has 0 amide bonds. The summed E-state index contributed by atoms with van der Waals surface area (Å²) in [7, 11) is 0. The van der Waals surface area contributed by atoms with Crippen molar-refractivity contribution in [2.75, 3.05) is 19.6 Å². The zero-order chi connectivity index (χ0) is 9.19. The van der Waals surface area contributed by atoms with Crippen molar-refractivity contribution < 1.29 is 8.78 Å². The lowest BCUT2D eigenvalue weighted by Crippen LogP contribution is -2.55. The second kappa shape index (κ2) is 3.52. The van der Waals surface area contributed by atoms with Crippen LogP contribution in [0.5, 0.6) is 0 Å². The Balaban J connectivity index is 2.12. The van der Waals surface area contributed by atoms with Gasteiger partial charge in [-0.3, -0.25) is 4.90 Å². The van der Waals surface area contributed by atoms with E-state index in [0.29, 0.717) is 12.5 Å². The summed E-state index contributed by atoms with van der Waals surface area (Å²) < 4.78 is 24.6. The maximum Gasteiger partial charge on any atom is 0.272 e. The third-order valence-electron chi connectivity index (χ3n) is 1.79. The van der Waals surface area contributed by atoms with Crippen molar-refractivity contribution in [1.29, 1.82) is 0 Å². The number of likely N-dealkylation sites (tertiary alicyclic amines) is 1. The Hall–Kier alpha value is -0.440. The molecule has 0 spiro atoms. The molecule has 1 heterocycles. The first-order valence-electron chi connectivity index (χ1n) is 4.26. The quantitative estimate of drug-likeness (QED) is 0.594. The van der Waals surface area contributed by atoms with Crippen molar-refractivity contribution in [2.24, 2.45) is 5.92 Å². The highest BCUT2D eigenvalue weighted by Crippen LogP contribution is 2.25. The van der Waals surface area contributed by atoms with E-state index in [1.165, 1.54) is 0 Å². The summed E-state index contributed by atoms with van der Waals surface area (Å²) in [6, 6.07) is 0. The Morgan fingerprint density at radius 2 is 2.00 bits per heavy atom. The molecule has 1 aliphatic rings. The number of allylic oxidation sites excluding steroid dienone is 1. The summed E-state index contributed by atoms with van der Waals surface area (Å²) in [5.74, 6) is -1.92. The molecule has 0 aromatic rings. The third-order valence-corrected chi connectivity index (χ3v) is 1.79. The molecule has 1 aliphatic heterocycles. The van der Waals surface area contributed by atoms with Gasteiger partial charge in [-0.1, -0.05) is 26.0 Å². The molecule has 0 atom stereocenters. The van der Waals surface area contributed by atoms with Gasteiger partial charge in [-0.15, -0.1) is 0 Å². The molecule has 1 nitrogen and oxygen atoms in total. The van der Waals surface area contributed by atoms with Crippen molar-refractivity contribution >= 4 is 0 Å². The van der Waals surface area contributed by atoms with Gasteiger partial charge in [0.2, 0.25) is 0 Å². The number of rotatable bonds is 3. The monoisotopic (exact) mass is 175 g/mol. The van der Waals surface area contributed by atoms with E-state index in [1.54, 1.807) is 4.90 Å². The molecule has 0 aliphatic carbocycles. The Morgan fingerprint density at radius 1 is 1.42 bits per heavy atom. The minimum atomic E-state index is -2.42. The van der Waals surface area contributed by atoms with Crippen LogP contribution in [0.15, 0.2) is 12.2 Å². The van der Waals surface area contributed by atoms with E-state index in [2.05, 4.69) is 13.8 Å². The van der Waals surface area contributed by atoms with E-state index in [0.717, 1.165) is 0 Å². The molecular weight excluding hydrogens is 160 g/mol. The molecule has 1 saturated heterocycles. The SMILES string of the molecule is CC(C)/C=C/CN1CC(F)(F)C1. The fraction of sp³-hybridized carbons (Fsp3) is 0.778. The van der Waals surface area contributed by atoms with Crippen LogP contribution in [0.25, 0.3) is 0 Å². The van der Waals surface area contributed by atoms with E-state index in [4.69, 9.17) is 0 Å². The topological polar surface area (TPSA) is 3.24 Å². The predicted octanol–water partition coefficient (Wildman–Crippen LogP) is 2.15. The van der Waals surface area contributed by atoms with Crippen LogP contribution >= 0.6 is 0 Å². The van der Waals surface area contributed by atoms with Gasteiger partial charge in [0, 0.05) is 6.54 Å². The van der Waals surface area contributed by atoms with Crippen molar-refractivity contribution in [3.8, 4) is 0 Å². The first kappa shape index (κ1) is 9.65. The molecule has 0 radical (unpaired) electrons. The van der Waals surface area contributed by atoms with Gasteiger partial charge >= 0.3 is 0 Å². The van der Waals surface area contributed by atoms with Gasteiger partial charge in [0.25, 0.3) is 5.92 Å². The van der Waals surface area contributed by atoms with E-state index in [-0.39, 0.29) is 13.1 Å². The lowest BCUT2D eigenvalue weighted by Gasteiger charge is -2.37. The molecule has 0 N–H and O–H groups in total. The smallest absolute Gasteiger partial charge is 0.272 e. The molecule has 70 valence electrons. The van der Waals surface area contributed by atoms with Crippen molar-refractivity contribution in [3.05, 3.63) is 12.2 Å². The van der Waals surface area contributed by atoms with Crippen LogP contribution in [0.1, 0.15) is 13.8 Å². The Labute approximate surface area is 72.1 Å². The van der Waals surface area contributed by atoms with Crippen molar-refractivity contribution in [3.63, 3.8) is 0 Å². The van der Waals surface area contributed by atoms with Crippen LogP contribution in [0.4, 0.5) is 8.78 Å². The summed E-state index contributed by atoms with van der Waals surface area (Å²) in [6.45, 7) is 4.65. The van der Waals surface area contributed by atoms with Crippen LogP contribution in [-0.2, 0) is 0 Å². The average molecular weight is 175 g/mol. The molecular formula is C9H15F2N. The number of alkyl halides is 2. The van der Waals surface area contributed by atoms with Crippen LogP contribution in [-0.4, -0.2) is 30.5 Å². The maximum atomic E-state index is 12.3. The fourth-order valence-electron chi connectivity index (χ4n) is 1.22.